The molecule has 0 spiro atoms. The molecule has 38 heavy (non-hydrogen) atoms. The summed E-state index contributed by atoms with van der Waals surface area (Å²) in [5.41, 5.74) is 4.35. The van der Waals surface area contributed by atoms with Crippen molar-refractivity contribution in [2.45, 2.75) is 19.4 Å². The molecule has 0 atom stereocenters. The number of rotatable bonds is 8. The van der Waals surface area contributed by atoms with Crippen LogP contribution < -0.4 is 9.47 Å². The molecule has 0 aliphatic rings. The van der Waals surface area contributed by atoms with Crippen molar-refractivity contribution in [2.24, 2.45) is 0 Å². The van der Waals surface area contributed by atoms with Crippen molar-refractivity contribution >= 4 is 21.5 Å². The van der Waals surface area contributed by atoms with Crippen molar-refractivity contribution < 1.29 is 9.47 Å². The number of hydrogen-bond acceptors (Lipinski definition) is 2. The summed E-state index contributed by atoms with van der Waals surface area (Å²) in [5, 5.41) is 4.63. The van der Waals surface area contributed by atoms with Gasteiger partial charge in [0.05, 0.1) is 6.61 Å². The third-order valence-corrected chi connectivity index (χ3v) is 6.94. The Morgan fingerprint density at radius 1 is 0.500 bits per heavy atom. The molecule has 0 fully saturated rings. The Hall–Kier alpha value is -4.56. The number of ether oxygens (including phenoxy) is 2. The predicted octanol–water partition coefficient (Wildman–Crippen LogP) is 9.62. The highest BCUT2D eigenvalue weighted by Crippen LogP contribution is 2.47. The van der Waals surface area contributed by atoms with E-state index in [1.807, 2.05) is 12.1 Å². The van der Waals surface area contributed by atoms with E-state index in [1.54, 1.807) is 0 Å². The molecule has 0 heterocycles. The molecule has 0 aliphatic heterocycles. The molecule has 0 aliphatic carbocycles. The van der Waals surface area contributed by atoms with Gasteiger partial charge in [0.1, 0.15) is 17.6 Å². The number of benzene rings is 6. The van der Waals surface area contributed by atoms with Crippen LogP contribution in [0.15, 0.2) is 133 Å². The van der Waals surface area contributed by atoms with Crippen LogP contribution in [0.2, 0.25) is 0 Å². The van der Waals surface area contributed by atoms with Crippen LogP contribution in [0.5, 0.6) is 11.5 Å². The Morgan fingerprint density at radius 2 is 0.974 bits per heavy atom. The lowest BCUT2D eigenvalue weighted by Gasteiger charge is -2.24. The van der Waals surface area contributed by atoms with E-state index >= 15 is 0 Å². The van der Waals surface area contributed by atoms with Crippen molar-refractivity contribution in [1.29, 1.82) is 0 Å². The zero-order chi connectivity index (χ0) is 25.7. The zero-order valence-electron chi connectivity index (χ0n) is 21.5. The molecule has 6 aromatic rings. The molecule has 0 unspecified atom stereocenters. The molecule has 186 valence electrons. The van der Waals surface area contributed by atoms with E-state index in [1.165, 1.54) is 10.8 Å². The molecule has 0 N–H and O–H groups in total. The fraction of sp³-hybridized carbons (Fsp3) is 0.111. The third-order valence-electron chi connectivity index (χ3n) is 6.94. The Kier molecular flexibility index (Phi) is 6.78. The zero-order valence-corrected chi connectivity index (χ0v) is 21.5. The first kappa shape index (κ1) is 23.8. The van der Waals surface area contributed by atoms with Gasteiger partial charge in [0, 0.05) is 11.1 Å². The average molecular weight is 495 g/mol. The van der Waals surface area contributed by atoms with Crippen LogP contribution in [0.3, 0.4) is 0 Å². The fourth-order valence-electron chi connectivity index (χ4n) is 5.16. The predicted molar refractivity (Wildman–Crippen MR) is 158 cm³/mol. The lowest BCUT2D eigenvalue weighted by atomic mass is 9.92. The molecule has 0 saturated carbocycles. The van der Waals surface area contributed by atoms with Crippen molar-refractivity contribution in [3.8, 4) is 22.6 Å². The minimum atomic E-state index is -0.257. The molecule has 0 bridgehead atoms. The number of hydrogen-bond donors (Lipinski definition) is 0. The molecular weight excluding hydrogens is 464 g/mol. The van der Waals surface area contributed by atoms with Crippen molar-refractivity contribution in [1.82, 2.24) is 0 Å². The molecule has 0 aromatic heterocycles. The van der Waals surface area contributed by atoms with Crippen LogP contribution in [0.1, 0.15) is 30.6 Å². The summed E-state index contributed by atoms with van der Waals surface area (Å²) < 4.78 is 13.4. The summed E-state index contributed by atoms with van der Waals surface area (Å²) in [4.78, 5) is 0. The van der Waals surface area contributed by atoms with E-state index < -0.39 is 0 Å². The summed E-state index contributed by atoms with van der Waals surface area (Å²) in [6, 6.07) is 46.4. The summed E-state index contributed by atoms with van der Waals surface area (Å²) in [6.07, 6.45) is 0.683. The van der Waals surface area contributed by atoms with Crippen LogP contribution in [-0.4, -0.2) is 6.61 Å². The van der Waals surface area contributed by atoms with Gasteiger partial charge in [0.15, 0.2) is 0 Å². The maximum absolute atomic E-state index is 7.03. The van der Waals surface area contributed by atoms with Crippen molar-refractivity contribution in [3.63, 3.8) is 0 Å². The van der Waals surface area contributed by atoms with Gasteiger partial charge in [-0.1, -0.05) is 128 Å². The maximum atomic E-state index is 7.03. The highest BCUT2D eigenvalue weighted by molar-refractivity contribution is 6.09. The molecule has 0 radical (unpaired) electrons. The van der Waals surface area contributed by atoms with E-state index in [2.05, 4.69) is 128 Å². The Bertz CT molecular complexity index is 1630. The van der Waals surface area contributed by atoms with Crippen LogP contribution in [-0.2, 0) is 0 Å². The first-order chi connectivity index (χ1) is 18.8. The summed E-state index contributed by atoms with van der Waals surface area (Å²) in [6.45, 7) is 2.79. The minimum Gasteiger partial charge on any atom is -0.493 e. The number of fused-ring (bicyclic) bond motifs is 2. The van der Waals surface area contributed by atoms with Crippen LogP contribution >= 0.6 is 0 Å². The molecular formula is C36H30O2. The van der Waals surface area contributed by atoms with Gasteiger partial charge in [-0.15, -0.1) is 0 Å². The Labute approximate surface area is 224 Å². The van der Waals surface area contributed by atoms with Gasteiger partial charge in [-0.3, -0.25) is 0 Å². The van der Waals surface area contributed by atoms with E-state index in [4.69, 9.17) is 9.47 Å². The molecule has 6 aromatic carbocycles. The second-order valence-electron chi connectivity index (χ2n) is 9.49. The minimum absolute atomic E-state index is 0.257. The maximum Gasteiger partial charge on any atom is 0.149 e. The lowest BCUT2D eigenvalue weighted by Crippen LogP contribution is -2.10. The molecule has 0 saturated heterocycles. The topological polar surface area (TPSA) is 18.5 Å². The van der Waals surface area contributed by atoms with E-state index in [9.17, 15) is 0 Å². The van der Waals surface area contributed by atoms with Gasteiger partial charge in [-0.05, 0) is 51.2 Å². The fourth-order valence-corrected chi connectivity index (χ4v) is 5.16. The first-order valence-electron chi connectivity index (χ1n) is 13.3. The normalized spacial score (nSPS) is 11.2. The van der Waals surface area contributed by atoms with E-state index in [-0.39, 0.29) is 6.10 Å². The van der Waals surface area contributed by atoms with Gasteiger partial charge in [0.25, 0.3) is 0 Å². The summed E-state index contributed by atoms with van der Waals surface area (Å²) in [5.74, 6) is 1.71. The van der Waals surface area contributed by atoms with E-state index in [0.29, 0.717) is 6.61 Å². The highest BCUT2D eigenvalue weighted by Gasteiger charge is 2.23. The molecule has 2 nitrogen and oxygen atoms in total. The smallest absolute Gasteiger partial charge is 0.149 e. The SMILES string of the molecule is CCCOc1ccc2ccccc2c1-c1c(OC(c2ccccc2)c2ccccc2)ccc2ccccc12. The van der Waals surface area contributed by atoms with Crippen LogP contribution in [0, 0.1) is 0 Å². The van der Waals surface area contributed by atoms with Gasteiger partial charge in [0.2, 0.25) is 0 Å². The second kappa shape index (κ2) is 10.8. The Morgan fingerprint density at radius 3 is 1.53 bits per heavy atom. The second-order valence-corrected chi connectivity index (χ2v) is 9.49. The third kappa shape index (κ3) is 4.62. The van der Waals surface area contributed by atoms with Gasteiger partial charge in [-0.2, -0.15) is 0 Å². The van der Waals surface area contributed by atoms with Gasteiger partial charge >= 0.3 is 0 Å². The highest BCUT2D eigenvalue weighted by atomic mass is 16.5. The standard InChI is InChI=1S/C36H30O2/c1-2-25-37-32-23-21-26-13-9-11-19-30(26)34(32)35-31-20-12-10-14-27(31)22-24-33(35)38-36(28-15-5-3-6-16-28)29-17-7-4-8-18-29/h3-24,36H,2,25H2,1H3. The monoisotopic (exact) mass is 494 g/mol. The summed E-state index contributed by atoms with van der Waals surface area (Å²) in [7, 11) is 0. The van der Waals surface area contributed by atoms with Gasteiger partial charge in [-0.25, -0.2) is 0 Å². The largest absolute Gasteiger partial charge is 0.493 e. The van der Waals surface area contributed by atoms with E-state index in [0.717, 1.165) is 50.9 Å². The lowest BCUT2D eigenvalue weighted by molar-refractivity contribution is 0.248. The first-order valence-corrected chi connectivity index (χ1v) is 13.3. The summed E-state index contributed by atoms with van der Waals surface area (Å²) >= 11 is 0. The Balaban J connectivity index is 1.62. The van der Waals surface area contributed by atoms with Crippen molar-refractivity contribution in [3.05, 3.63) is 145 Å². The quantitative estimate of drug-likeness (QED) is 0.210. The molecule has 2 heteroatoms. The molecule has 6 rings (SSSR count). The van der Waals surface area contributed by atoms with Crippen LogP contribution in [0.25, 0.3) is 32.7 Å². The molecule has 0 amide bonds. The van der Waals surface area contributed by atoms with Crippen LogP contribution in [0.4, 0.5) is 0 Å². The average Bonchev–Trinajstić information content (AvgIpc) is 2.99. The van der Waals surface area contributed by atoms with Gasteiger partial charge < -0.3 is 9.47 Å². The van der Waals surface area contributed by atoms with Crippen molar-refractivity contribution in [2.75, 3.05) is 6.61 Å².